The number of rotatable bonds is 4. The third kappa shape index (κ3) is 2.98. The van der Waals surface area contributed by atoms with Crippen LogP contribution in [0.1, 0.15) is 24.8 Å². The predicted molar refractivity (Wildman–Crippen MR) is 74.1 cm³/mol. The van der Waals surface area contributed by atoms with Crippen molar-refractivity contribution in [2.75, 3.05) is 6.54 Å². The third-order valence-electron chi connectivity index (χ3n) is 3.80. The van der Waals surface area contributed by atoms with Gasteiger partial charge in [-0.15, -0.1) is 0 Å². The Hall–Kier alpha value is -1.77. The molecule has 1 amide bonds. The van der Waals surface area contributed by atoms with E-state index in [0.29, 0.717) is 18.9 Å². The van der Waals surface area contributed by atoms with Crippen LogP contribution in [0, 0.1) is 5.92 Å². The molecule has 1 aromatic rings. The summed E-state index contributed by atoms with van der Waals surface area (Å²) in [5, 5.41) is 2.99. The number of hydrogen-bond acceptors (Lipinski definition) is 2. The summed E-state index contributed by atoms with van der Waals surface area (Å²) < 4.78 is 5.80. The number of carbonyl (C=O) groups excluding carboxylic acids is 1. The number of amides is 1. The second-order valence-electron chi connectivity index (χ2n) is 5.33. The molecule has 2 atom stereocenters. The lowest BCUT2D eigenvalue weighted by atomic mass is 10.0. The van der Waals surface area contributed by atoms with E-state index in [9.17, 15) is 4.79 Å². The molecule has 0 radical (unpaired) electrons. The summed E-state index contributed by atoms with van der Waals surface area (Å²) >= 11 is 0. The van der Waals surface area contributed by atoms with Crippen LogP contribution in [-0.4, -0.2) is 18.6 Å². The van der Waals surface area contributed by atoms with Gasteiger partial charge in [0.2, 0.25) is 5.91 Å². The quantitative estimate of drug-likeness (QED) is 0.841. The third-order valence-corrected chi connectivity index (χ3v) is 3.80. The minimum atomic E-state index is 0.0838. The molecule has 3 heteroatoms. The molecule has 2 aliphatic rings. The number of nitrogens with one attached hydrogen (secondary N) is 1. The van der Waals surface area contributed by atoms with Crippen molar-refractivity contribution in [3.63, 3.8) is 0 Å². The van der Waals surface area contributed by atoms with E-state index in [1.807, 2.05) is 18.2 Å². The van der Waals surface area contributed by atoms with Gasteiger partial charge in [0.25, 0.3) is 0 Å². The normalized spacial score (nSPS) is 24.0. The molecule has 1 aliphatic heterocycles. The Labute approximate surface area is 113 Å². The second kappa shape index (κ2) is 5.47. The fourth-order valence-corrected chi connectivity index (χ4v) is 2.77. The molecule has 1 aliphatic carbocycles. The Morgan fingerprint density at radius 2 is 2.26 bits per heavy atom. The lowest BCUT2D eigenvalue weighted by Gasteiger charge is -2.13. The summed E-state index contributed by atoms with van der Waals surface area (Å²) in [6.07, 6.45) is 8.12. The van der Waals surface area contributed by atoms with Gasteiger partial charge < -0.3 is 10.1 Å². The van der Waals surface area contributed by atoms with Crippen molar-refractivity contribution in [2.45, 2.75) is 31.8 Å². The van der Waals surface area contributed by atoms with Gasteiger partial charge in [0, 0.05) is 12.8 Å². The smallest absolute Gasteiger partial charge is 0.220 e. The van der Waals surface area contributed by atoms with E-state index in [1.54, 1.807) is 0 Å². The summed E-state index contributed by atoms with van der Waals surface area (Å²) in [5.41, 5.74) is 1.24. The van der Waals surface area contributed by atoms with Crippen LogP contribution >= 0.6 is 0 Å². The molecule has 1 aromatic carbocycles. The summed E-state index contributed by atoms with van der Waals surface area (Å²) in [6.45, 7) is 0.601. The number of ether oxygens (including phenoxy) is 1. The first kappa shape index (κ1) is 12.3. The van der Waals surface area contributed by atoms with Crippen LogP contribution in [-0.2, 0) is 11.2 Å². The molecule has 1 N–H and O–H groups in total. The first-order valence-corrected chi connectivity index (χ1v) is 6.99. The molecule has 0 bridgehead atoms. The van der Waals surface area contributed by atoms with E-state index in [1.165, 1.54) is 5.56 Å². The largest absolute Gasteiger partial charge is 0.488 e. The highest BCUT2D eigenvalue weighted by atomic mass is 16.5. The van der Waals surface area contributed by atoms with Crippen LogP contribution in [0.3, 0.4) is 0 Å². The summed E-state index contributed by atoms with van der Waals surface area (Å²) in [6, 6.07) is 8.07. The summed E-state index contributed by atoms with van der Waals surface area (Å²) in [5.74, 6) is 1.53. The molecular weight excluding hydrogens is 238 g/mol. The molecule has 0 aromatic heterocycles. The van der Waals surface area contributed by atoms with Crippen molar-refractivity contribution in [3.8, 4) is 5.75 Å². The SMILES string of the molecule is O=C(C[C@H]1C=CCC1)NC[C@@H]1Cc2ccccc2O1. The maximum atomic E-state index is 11.8. The van der Waals surface area contributed by atoms with Gasteiger partial charge in [-0.3, -0.25) is 4.79 Å². The Bertz CT molecular complexity index is 470. The van der Waals surface area contributed by atoms with Gasteiger partial charge in [0.15, 0.2) is 0 Å². The van der Waals surface area contributed by atoms with E-state index in [2.05, 4.69) is 23.5 Å². The van der Waals surface area contributed by atoms with Crippen LogP contribution in [0.15, 0.2) is 36.4 Å². The average Bonchev–Trinajstić information content (AvgIpc) is 3.04. The first-order valence-electron chi connectivity index (χ1n) is 6.99. The Kier molecular flexibility index (Phi) is 3.53. The Morgan fingerprint density at radius 3 is 3.05 bits per heavy atom. The fraction of sp³-hybridized carbons (Fsp3) is 0.438. The van der Waals surface area contributed by atoms with Crippen molar-refractivity contribution >= 4 is 5.91 Å². The zero-order chi connectivity index (χ0) is 13.1. The number of benzene rings is 1. The van der Waals surface area contributed by atoms with Crippen LogP contribution in [0.2, 0.25) is 0 Å². The lowest BCUT2D eigenvalue weighted by Crippen LogP contribution is -2.35. The van der Waals surface area contributed by atoms with Crippen molar-refractivity contribution in [3.05, 3.63) is 42.0 Å². The zero-order valence-corrected chi connectivity index (χ0v) is 11.0. The van der Waals surface area contributed by atoms with E-state index in [4.69, 9.17) is 4.74 Å². The van der Waals surface area contributed by atoms with E-state index in [0.717, 1.165) is 25.0 Å². The van der Waals surface area contributed by atoms with Crippen molar-refractivity contribution in [2.24, 2.45) is 5.92 Å². The highest BCUT2D eigenvalue weighted by Crippen LogP contribution is 2.27. The van der Waals surface area contributed by atoms with Gasteiger partial charge in [-0.1, -0.05) is 30.4 Å². The highest BCUT2D eigenvalue weighted by molar-refractivity contribution is 5.76. The molecule has 3 nitrogen and oxygen atoms in total. The molecule has 1 heterocycles. The second-order valence-corrected chi connectivity index (χ2v) is 5.33. The van der Waals surface area contributed by atoms with Crippen LogP contribution in [0.25, 0.3) is 0 Å². The lowest BCUT2D eigenvalue weighted by molar-refractivity contribution is -0.122. The maximum Gasteiger partial charge on any atom is 0.220 e. The molecule has 0 saturated carbocycles. The van der Waals surface area contributed by atoms with E-state index >= 15 is 0 Å². The van der Waals surface area contributed by atoms with Crippen molar-refractivity contribution in [1.82, 2.24) is 5.32 Å². The predicted octanol–water partition coefficient (Wildman–Crippen LogP) is 2.46. The highest BCUT2D eigenvalue weighted by Gasteiger charge is 2.23. The number of carbonyl (C=O) groups is 1. The van der Waals surface area contributed by atoms with Crippen molar-refractivity contribution in [1.29, 1.82) is 0 Å². The van der Waals surface area contributed by atoms with Gasteiger partial charge in [-0.25, -0.2) is 0 Å². The number of fused-ring (bicyclic) bond motifs is 1. The number of hydrogen-bond donors (Lipinski definition) is 1. The Balaban J connectivity index is 1.44. The molecule has 19 heavy (non-hydrogen) atoms. The molecule has 0 fully saturated rings. The fourth-order valence-electron chi connectivity index (χ4n) is 2.77. The molecular formula is C16H19NO2. The summed E-state index contributed by atoms with van der Waals surface area (Å²) in [7, 11) is 0. The zero-order valence-electron chi connectivity index (χ0n) is 11.0. The average molecular weight is 257 g/mol. The molecule has 0 spiro atoms. The van der Waals surface area contributed by atoms with Crippen LogP contribution < -0.4 is 10.1 Å². The summed E-state index contributed by atoms with van der Waals surface area (Å²) in [4.78, 5) is 11.8. The van der Waals surface area contributed by atoms with Gasteiger partial charge in [0.1, 0.15) is 11.9 Å². The minimum absolute atomic E-state index is 0.0838. The maximum absolute atomic E-state index is 11.8. The van der Waals surface area contributed by atoms with Crippen molar-refractivity contribution < 1.29 is 9.53 Å². The topological polar surface area (TPSA) is 38.3 Å². The molecule has 0 unspecified atom stereocenters. The molecule has 0 saturated heterocycles. The molecule has 100 valence electrons. The minimum Gasteiger partial charge on any atom is -0.488 e. The van der Waals surface area contributed by atoms with Gasteiger partial charge in [0.05, 0.1) is 6.54 Å². The standard InChI is InChI=1S/C16H19NO2/c18-16(9-12-5-1-2-6-12)17-11-14-10-13-7-3-4-8-15(13)19-14/h1,3-5,7-8,12,14H,2,6,9-11H2,(H,17,18)/t12-,14-/m0/s1. The first-order chi connectivity index (χ1) is 9.31. The van der Waals surface area contributed by atoms with E-state index < -0.39 is 0 Å². The number of para-hydroxylation sites is 1. The van der Waals surface area contributed by atoms with Gasteiger partial charge in [-0.2, -0.15) is 0 Å². The molecule has 3 rings (SSSR count). The monoisotopic (exact) mass is 257 g/mol. The van der Waals surface area contributed by atoms with E-state index in [-0.39, 0.29) is 12.0 Å². The van der Waals surface area contributed by atoms with Crippen LogP contribution in [0.4, 0.5) is 0 Å². The Morgan fingerprint density at radius 1 is 1.37 bits per heavy atom. The van der Waals surface area contributed by atoms with Crippen LogP contribution in [0.5, 0.6) is 5.75 Å². The number of allylic oxidation sites excluding steroid dienone is 2. The van der Waals surface area contributed by atoms with Gasteiger partial charge in [-0.05, 0) is 30.4 Å². The van der Waals surface area contributed by atoms with Gasteiger partial charge >= 0.3 is 0 Å².